The third-order valence-electron chi connectivity index (χ3n) is 1.85. The van der Waals surface area contributed by atoms with Crippen molar-refractivity contribution in [3.63, 3.8) is 0 Å². The van der Waals surface area contributed by atoms with E-state index in [-0.39, 0.29) is 5.01 Å². The van der Waals surface area contributed by atoms with E-state index in [9.17, 15) is 13.2 Å². The minimum atomic E-state index is -4.66. The summed E-state index contributed by atoms with van der Waals surface area (Å²) < 4.78 is 37.2. The fraction of sp³-hybridized carbons (Fsp3) is 0.222. The van der Waals surface area contributed by atoms with Gasteiger partial charge in [0, 0.05) is 0 Å². The molecule has 1 aromatic heterocycles. The minimum absolute atomic E-state index is 0.316. The maximum atomic E-state index is 12.2. The third kappa shape index (κ3) is 1.95. The molecular weight excluding hydrogens is 227 g/mol. The molecule has 6 heteroatoms. The van der Waals surface area contributed by atoms with Crippen LogP contribution in [0.4, 0.5) is 13.2 Å². The number of hydrogen-bond donors (Lipinski definition) is 1. The molecule has 80 valence electrons. The SMILES string of the molecule is O[C@H](c1nc2ccccc2s1)C(F)(F)F. The molecule has 1 atom stereocenters. The quantitative estimate of drug-likeness (QED) is 0.821. The van der Waals surface area contributed by atoms with Gasteiger partial charge in [-0.3, -0.25) is 0 Å². The second-order valence-electron chi connectivity index (χ2n) is 2.96. The summed E-state index contributed by atoms with van der Waals surface area (Å²) in [7, 11) is 0. The molecule has 0 aliphatic rings. The van der Waals surface area contributed by atoms with Gasteiger partial charge >= 0.3 is 6.18 Å². The van der Waals surface area contributed by atoms with Crippen molar-refractivity contribution in [3.05, 3.63) is 29.3 Å². The molecule has 1 aromatic carbocycles. The first kappa shape index (κ1) is 10.4. The second kappa shape index (κ2) is 3.46. The molecule has 2 rings (SSSR count). The van der Waals surface area contributed by atoms with Gasteiger partial charge in [-0.1, -0.05) is 12.1 Å². The van der Waals surface area contributed by atoms with E-state index in [1.807, 2.05) is 0 Å². The average molecular weight is 233 g/mol. The predicted octanol–water partition coefficient (Wildman–Crippen LogP) is 2.89. The molecule has 1 heterocycles. The van der Waals surface area contributed by atoms with E-state index in [0.717, 1.165) is 11.3 Å². The first-order valence-corrected chi connectivity index (χ1v) is 4.90. The number of aliphatic hydroxyl groups is 1. The zero-order chi connectivity index (χ0) is 11.1. The highest BCUT2D eigenvalue weighted by Crippen LogP contribution is 2.36. The highest BCUT2D eigenvalue weighted by atomic mass is 32.1. The molecule has 0 amide bonds. The lowest BCUT2D eigenvalue weighted by atomic mass is 10.3. The fourth-order valence-corrected chi connectivity index (χ4v) is 2.13. The lowest BCUT2D eigenvalue weighted by Crippen LogP contribution is -2.19. The van der Waals surface area contributed by atoms with Gasteiger partial charge in [-0.25, -0.2) is 4.98 Å². The Morgan fingerprint density at radius 2 is 1.93 bits per heavy atom. The molecule has 2 aromatic rings. The lowest BCUT2D eigenvalue weighted by molar-refractivity contribution is -0.206. The molecule has 0 fully saturated rings. The number of thiazole rings is 1. The normalized spacial score (nSPS) is 14.4. The lowest BCUT2D eigenvalue weighted by Gasteiger charge is -2.10. The van der Waals surface area contributed by atoms with Gasteiger partial charge in [0.25, 0.3) is 0 Å². The van der Waals surface area contributed by atoms with Crippen LogP contribution in [0.5, 0.6) is 0 Å². The highest BCUT2D eigenvalue weighted by Gasteiger charge is 2.41. The number of halogens is 3. The van der Waals surface area contributed by atoms with Crippen LogP contribution < -0.4 is 0 Å². The summed E-state index contributed by atoms with van der Waals surface area (Å²) in [5, 5.41) is 8.66. The Kier molecular flexibility index (Phi) is 2.40. The van der Waals surface area contributed by atoms with Crippen LogP contribution in [0.1, 0.15) is 11.1 Å². The molecule has 0 saturated heterocycles. The smallest absolute Gasteiger partial charge is 0.377 e. The molecule has 0 saturated carbocycles. The number of nitrogens with zero attached hydrogens (tertiary/aromatic N) is 1. The maximum absolute atomic E-state index is 12.2. The molecule has 0 unspecified atom stereocenters. The standard InChI is InChI=1S/C9H6F3NOS/c10-9(11,12)7(14)8-13-5-3-1-2-4-6(5)15-8/h1-4,7,14H/t7-/m1/s1. The van der Waals surface area contributed by atoms with Gasteiger partial charge in [0.15, 0.2) is 0 Å². The van der Waals surface area contributed by atoms with E-state index in [2.05, 4.69) is 4.98 Å². The van der Waals surface area contributed by atoms with Crippen LogP contribution in [-0.2, 0) is 0 Å². The first-order valence-electron chi connectivity index (χ1n) is 4.09. The summed E-state index contributed by atoms with van der Waals surface area (Å²) in [5.41, 5.74) is 0.473. The Morgan fingerprint density at radius 3 is 2.53 bits per heavy atom. The summed E-state index contributed by atoms with van der Waals surface area (Å²) in [6, 6.07) is 6.67. The van der Waals surface area contributed by atoms with Crippen molar-refractivity contribution in [2.24, 2.45) is 0 Å². The van der Waals surface area contributed by atoms with Gasteiger partial charge < -0.3 is 5.11 Å². The van der Waals surface area contributed by atoms with Crippen molar-refractivity contribution in [1.82, 2.24) is 4.98 Å². The van der Waals surface area contributed by atoms with E-state index in [4.69, 9.17) is 5.11 Å². The van der Waals surface area contributed by atoms with E-state index < -0.39 is 12.3 Å². The van der Waals surface area contributed by atoms with Gasteiger partial charge in [-0.2, -0.15) is 13.2 Å². The fourth-order valence-electron chi connectivity index (χ4n) is 1.15. The molecular formula is C9H6F3NOS. The van der Waals surface area contributed by atoms with Crippen LogP contribution in [0, 0.1) is 0 Å². The Morgan fingerprint density at radius 1 is 1.27 bits per heavy atom. The third-order valence-corrected chi connectivity index (χ3v) is 2.94. The van der Waals surface area contributed by atoms with Crippen molar-refractivity contribution >= 4 is 21.6 Å². The molecule has 0 aliphatic heterocycles. The number of fused-ring (bicyclic) bond motifs is 1. The minimum Gasteiger partial charge on any atom is -0.377 e. The topological polar surface area (TPSA) is 33.1 Å². The second-order valence-corrected chi connectivity index (χ2v) is 4.03. The van der Waals surface area contributed by atoms with Crippen molar-refractivity contribution in [2.75, 3.05) is 0 Å². The van der Waals surface area contributed by atoms with Gasteiger partial charge in [-0.15, -0.1) is 11.3 Å². The number of benzene rings is 1. The summed E-state index contributed by atoms with van der Waals surface area (Å²) in [5.74, 6) is 0. The van der Waals surface area contributed by atoms with Gasteiger partial charge in [0.05, 0.1) is 10.2 Å². The zero-order valence-electron chi connectivity index (χ0n) is 7.32. The van der Waals surface area contributed by atoms with Crippen LogP contribution in [0.2, 0.25) is 0 Å². The Labute approximate surface area is 87.0 Å². The van der Waals surface area contributed by atoms with E-state index in [1.165, 1.54) is 0 Å². The van der Waals surface area contributed by atoms with E-state index in [1.54, 1.807) is 24.3 Å². The van der Waals surface area contributed by atoms with Crippen LogP contribution in [0.15, 0.2) is 24.3 Å². The molecule has 0 spiro atoms. The molecule has 15 heavy (non-hydrogen) atoms. The number of aromatic nitrogens is 1. The van der Waals surface area contributed by atoms with Crippen molar-refractivity contribution in [2.45, 2.75) is 12.3 Å². The van der Waals surface area contributed by atoms with E-state index >= 15 is 0 Å². The van der Waals surface area contributed by atoms with Crippen molar-refractivity contribution < 1.29 is 18.3 Å². The van der Waals surface area contributed by atoms with Gasteiger partial charge in [0.2, 0.25) is 6.10 Å². The van der Waals surface area contributed by atoms with Crippen molar-refractivity contribution in [3.8, 4) is 0 Å². The molecule has 0 radical (unpaired) electrons. The Bertz CT molecular complexity index is 446. The molecule has 0 aliphatic carbocycles. The van der Waals surface area contributed by atoms with E-state index in [0.29, 0.717) is 10.2 Å². The van der Waals surface area contributed by atoms with Crippen LogP contribution in [0.3, 0.4) is 0 Å². The average Bonchev–Trinajstić information content (AvgIpc) is 2.58. The summed E-state index contributed by atoms with van der Waals surface area (Å²) >= 11 is 0.851. The van der Waals surface area contributed by atoms with Crippen LogP contribution in [0.25, 0.3) is 10.2 Å². The Hall–Kier alpha value is -1.14. The van der Waals surface area contributed by atoms with Crippen molar-refractivity contribution in [1.29, 1.82) is 0 Å². The van der Waals surface area contributed by atoms with Crippen LogP contribution >= 0.6 is 11.3 Å². The van der Waals surface area contributed by atoms with Crippen LogP contribution in [-0.4, -0.2) is 16.3 Å². The monoisotopic (exact) mass is 233 g/mol. The molecule has 1 N–H and O–H groups in total. The number of hydrogen-bond acceptors (Lipinski definition) is 3. The molecule has 0 bridgehead atoms. The maximum Gasteiger partial charge on any atom is 0.420 e. The summed E-state index contributed by atoms with van der Waals surface area (Å²) in [4.78, 5) is 3.73. The highest BCUT2D eigenvalue weighted by molar-refractivity contribution is 7.18. The number of rotatable bonds is 1. The number of aliphatic hydroxyl groups excluding tert-OH is 1. The van der Waals surface area contributed by atoms with Gasteiger partial charge in [0.1, 0.15) is 5.01 Å². The zero-order valence-corrected chi connectivity index (χ0v) is 8.14. The predicted molar refractivity (Wildman–Crippen MR) is 50.6 cm³/mol. The largest absolute Gasteiger partial charge is 0.420 e. The number of para-hydroxylation sites is 1. The summed E-state index contributed by atoms with van der Waals surface area (Å²) in [6.07, 6.45) is -7.15. The number of alkyl halides is 3. The molecule has 2 nitrogen and oxygen atoms in total. The van der Waals surface area contributed by atoms with Gasteiger partial charge in [-0.05, 0) is 12.1 Å². The summed E-state index contributed by atoms with van der Waals surface area (Å²) in [6.45, 7) is 0. The first-order chi connectivity index (χ1) is 6.98. The Balaban J connectivity index is 2.45.